The predicted octanol–water partition coefficient (Wildman–Crippen LogP) is 3.35. The van der Waals surface area contributed by atoms with Crippen LogP contribution >= 0.6 is 0 Å². The van der Waals surface area contributed by atoms with E-state index in [4.69, 9.17) is 9.26 Å². The van der Waals surface area contributed by atoms with E-state index in [9.17, 15) is 0 Å². The van der Waals surface area contributed by atoms with Crippen LogP contribution in [-0.4, -0.2) is 21.3 Å². The van der Waals surface area contributed by atoms with Crippen LogP contribution in [0.5, 0.6) is 5.75 Å². The van der Waals surface area contributed by atoms with E-state index in [1.807, 2.05) is 19.2 Å². The number of ether oxygens (including phenoxy) is 1. The van der Waals surface area contributed by atoms with Crippen LogP contribution in [-0.2, 0) is 6.54 Å². The Morgan fingerprint density at radius 1 is 1.33 bits per heavy atom. The van der Waals surface area contributed by atoms with Gasteiger partial charge in [0, 0.05) is 23.0 Å². The van der Waals surface area contributed by atoms with E-state index in [0.717, 1.165) is 22.5 Å². The minimum Gasteiger partial charge on any atom is -0.494 e. The molecule has 1 aliphatic rings. The molecule has 0 aliphatic heterocycles. The molecule has 0 bridgehead atoms. The van der Waals surface area contributed by atoms with Gasteiger partial charge >= 0.3 is 0 Å². The summed E-state index contributed by atoms with van der Waals surface area (Å²) >= 11 is 0. The summed E-state index contributed by atoms with van der Waals surface area (Å²) in [5.41, 5.74) is 1.14. The van der Waals surface area contributed by atoms with Crippen LogP contribution in [0, 0.1) is 0 Å². The summed E-state index contributed by atoms with van der Waals surface area (Å²) in [5, 5.41) is 5.21. The second-order valence-corrected chi connectivity index (χ2v) is 5.42. The molecule has 0 unspecified atom stereocenters. The fourth-order valence-electron chi connectivity index (χ4n) is 2.56. The molecule has 21 heavy (non-hydrogen) atoms. The topological polar surface area (TPSA) is 53.1 Å². The summed E-state index contributed by atoms with van der Waals surface area (Å²) in [7, 11) is 0. The first-order valence-corrected chi connectivity index (χ1v) is 7.37. The highest BCUT2D eigenvalue weighted by Gasteiger charge is 2.28. The largest absolute Gasteiger partial charge is 0.494 e. The lowest BCUT2D eigenvalue weighted by Crippen LogP contribution is -1.98. The molecule has 0 saturated heterocycles. The van der Waals surface area contributed by atoms with Gasteiger partial charge in [0.2, 0.25) is 5.89 Å². The Balaban J connectivity index is 1.60. The van der Waals surface area contributed by atoms with Crippen molar-refractivity contribution in [2.45, 2.75) is 32.2 Å². The predicted molar refractivity (Wildman–Crippen MR) is 78.5 cm³/mol. The van der Waals surface area contributed by atoms with Crippen molar-refractivity contribution in [2.24, 2.45) is 0 Å². The van der Waals surface area contributed by atoms with Gasteiger partial charge in [0.15, 0.2) is 5.82 Å². The first-order valence-electron chi connectivity index (χ1n) is 7.37. The molecule has 1 saturated carbocycles. The molecule has 5 nitrogen and oxygen atoms in total. The van der Waals surface area contributed by atoms with Gasteiger partial charge in [-0.25, -0.2) is 0 Å². The summed E-state index contributed by atoms with van der Waals surface area (Å²) < 4.78 is 13.0. The molecule has 0 spiro atoms. The van der Waals surface area contributed by atoms with Crippen molar-refractivity contribution in [2.75, 3.05) is 6.61 Å². The van der Waals surface area contributed by atoms with Crippen molar-refractivity contribution >= 4 is 10.9 Å². The summed E-state index contributed by atoms with van der Waals surface area (Å²) in [6.45, 7) is 3.28. The molecule has 5 heteroatoms. The molecule has 108 valence electrons. The van der Waals surface area contributed by atoms with Gasteiger partial charge in [-0.15, -0.1) is 0 Å². The van der Waals surface area contributed by atoms with Crippen molar-refractivity contribution in [1.82, 2.24) is 14.7 Å². The third-order valence-corrected chi connectivity index (χ3v) is 3.79. The Morgan fingerprint density at radius 2 is 2.24 bits per heavy atom. The number of benzene rings is 1. The van der Waals surface area contributed by atoms with Crippen LogP contribution in [0.4, 0.5) is 0 Å². The molecule has 0 atom stereocenters. The van der Waals surface area contributed by atoms with Gasteiger partial charge in [0.1, 0.15) is 12.3 Å². The van der Waals surface area contributed by atoms with E-state index in [1.54, 1.807) is 0 Å². The molecule has 2 heterocycles. The molecule has 2 aromatic heterocycles. The first kappa shape index (κ1) is 12.4. The first-order chi connectivity index (χ1) is 10.3. The van der Waals surface area contributed by atoms with Crippen LogP contribution < -0.4 is 4.74 Å². The van der Waals surface area contributed by atoms with Gasteiger partial charge < -0.3 is 13.8 Å². The van der Waals surface area contributed by atoms with Crippen LogP contribution in [0.1, 0.15) is 37.4 Å². The molecule has 3 aromatic rings. The van der Waals surface area contributed by atoms with Crippen molar-refractivity contribution in [3.63, 3.8) is 0 Å². The van der Waals surface area contributed by atoms with Gasteiger partial charge in [0.25, 0.3) is 0 Å². The zero-order chi connectivity index (χ0) is 14.2. The maximum Gasteiger partial charge on any atom is 0.246 e. The molecule has 0 N–H and O–H groups in total. The van der Waals surface area contributed by atoms with E-state index in [-0.39, 0.29) is 0 Å². The minimum atomic E-state index is 0.526. The Kier molecular flexibility index (Phi) is 2.91. The fourth-order valence-corrected chi connectivity index (χ4v) is 2.56. The normalized spacial score (nSPS) is 14.7. The van der Waals surface area contributed by atoms with E-state index in [1.165, 1.54) is 12.8 Å². The monoisotopic (exact) mass is 283 g/mol. The Morgan fingerprint density at radius 3 is 3.05 bits per heavy atom. The third kappa shape index (κ3) is 2.39. The number of hydrogen-bond donors (Lipinski definition) is 0. The summed E-state index contributed by atoms with van der Waals surface area (Å²) in [6.07, 6.45) is 4.42. The number of hydrogen-bond acceptors (Lipinski definition) is 4. The van der Waals surface area contributed by atoms with Crippen LogP contribution in [0.2, 0.25) is 0 Å². The lowest BCUT2D eigenvalue weighted by atomic mass is 10.2. The highest BCUT2D eigenvalue weighted by atomic mass is 16.5. The molecule has 4 rings (SSSR count). The average Bonchev–Trinajstić information content (AvgIpc) is 3.12. The van der Waals surface area contributed by atoms with E-state index >= 15 is 0 Å². The smallest absolute Gasteiger partial charge is 0.246 e. The number of aromatic nitrogens is 3. The maximum absolute atomic E-state index is 5.53. The second kappa shape index (κ2) is 4.91. The number of nitrogens with zero attached hydrogens (tertiary/aromatic N) is 3. The van der Waals surface area contributed by atoms with Gasteiger partial charge in [-0.3, -0.25) is 0 Å². The number of rotatable bonds is 5. The zero-order valence-corrected chi connectivity index (χ0v) is 12.0. The van der Waals surface area contributed by atoms with Gasteiger partial charge in [-0.1, -0.05) is 5.16 Å². The highest BCUT2D eigenvalue weighted by molar-refractivity contribution is 5.81. The zero-order valence-electron chi connectivity index (χ0n) is 12.0. The molecule has 1 fully saturated rings. The Hall–Kier alpha value is -2.30. The van der Waals surface area contributed by atoms with Crippen LogP contribution in [0.3, 0.4) is 0 Å². The van der Waals surface area contributed by atoms with Gasteiger partial charge in [-0.2, -0.15) is 4.98 Å². The van der Waals surface area contributed by atoms with Crippen LogP contribution in [0.15, 0.2) is 35.0 Å². The molecule has 0 amide bonds. The maximum atomic E-state index is 5.53. The molecule has 1 aliphatic carbocycles. The Labute approximate surface area is 122 Å². The van der Waals surface area contributed by atoms with Crippen molar-refractivity contribution in [3.05, 3.63) is 42.2 Å². The molecular weight excluding hydrogens is 266 g/mol. The SMILES string of the molecule is CCOc1ccc2c(ccn2Cc2nc(C3CC3)no2)c1. The Bertz CT molecular complexity index is 771. The third-order valence-electron chi connectivity index (χ3n) is 3.79. The minimum absolute atomic E-state index is 0.526. The van der Waals surface area contributed by atoms with E-state index < -0.39 is 0 Å². The second-order valence-electron chi connectivity index (χ2n) is 5.42. The quantitative estimate of drug-likeness (QED) is 0.720. The van der Waals surface area contributed by atoms with E-state index in [0.29, 0.717) is 25.0 Å². The van der Waals surface area contributed by atoms with Crippen molar-refractivity contribution in [1.29, 1.82) is 0 Å². The molecule has 1 aromatic carbocycles. The summed E-state index contributed by atoms with van der Waals surface area (Å²) in [4.78, 5) is 4.48. The summed E-state index contributed by atoms with van der Waals surface area (Å²) in [5.74, 6) is 2.96. The van der Waals surface area contributed by atoms with Crippen LogP contribution in [0.25, 0.3) is 10.9 Å². The molecular formula is C16H17N3O2. The fraction of sp³-hybridized carbons (Fsp3) is 0.375. The van der Waals surface area contributed by atoms with Gasteiger partial charge in [0.05, 0.1) is 6.61 Å². The average molecular weight is 283 g/mol. The van der Waals surface area contributed by atoms with Crippen molar-refractivity contribution in [3.8, 4) is 5.75 Å². The highest BCUT2D eigenvalue weighted by Crippen LogP contribution is 2.38. The lowest BCUT2D eigenvalue weighted by molar-refractivity contribution is 0.340. The lowest BCUT2D eigenvalue weighted by Gasteiger charge is -2.04. The van der Waals surface area contributed by atoms with E-state index in [2.05, 4.69) is 32.9 Å². The standard InChI is InChI=1S/C16H17N3O2/c1-2-20-13-5-6-14-12(9-13)7-8-19(14)10-15-17-16(18-21-15)11-3-4-11/h5-9,11H,2-4,10H2,1H3. The number of fused-ring (bicyclic) bond motifs is 1. The van der Waals surface area contributed by atoms with Crippen molar-refractivity contribution < 1.29 is 9.26 Å². The molecule has 0 radical (unpaired) electrons. The van der Waals surface area contributed by atoms with Gasteiger partial charge in [-0.05, 0) is 44.0 Å². The summed E-state index contributed by atoms with van der Waals surface area (Å²) in [6, 6.07) is 8.19.